The largest absolute Gasteiger partial charge is 0.352 e. The summed E-state index contributed by atoms with van der Waals surface area (Å²) in [5, 5.41) is 7.13. The van der Waals surface area contributed by atoms with Crippen LogP contribution in [0.25, 0.3) is 5.65 Å². The smallest absolute Gasteiger partial charge is 0.271 e. The first kappa shape index (κ1) is 16.9. The molecular formula is C16H22FN5O. The predicted octanol–water partition coefficient (Wildman–Crippen LogP) is 2.22. The van der Waals surface area contributed by atoms with Gasteiger partial charge >= 0.3 is 0 Å². The van der Waals surface area contributed by atoms with E-state index in [4.69, 9.17) is 0 Å². The average molecular weight is 319 g/mol. The second-order valence-electron chi connectivity index (χ2n) is 5.20. The minimum Gasteiger partial charge on any atom is -0.352 e. The molecule has 1 unspecified atom stereocenters. The lowest BCUT2D eigenvalue weighted by Crippen LogP contribution is -2.25. The number of carbonyl (C=O) groups is 1. The topological polar surface area (TPSA) is 62.5 Å². The predicted molar refractivity (Wildman–Crippen MR) is 88.6 cm³/mol. The zero-order chi connectivity index (χ0) is 16.8. The minimum absolute atomic E-state index is 0.213. The van der Waals surface area contributed by atoms with Gasteiger partial charge in [-0.3, -0.25) is 4.79 Å². The van der Waals surface area contributed by atoms with Gasteiger partial charge in [-0.2, -0.15) is 0 Å². The number of nitrogens with zero attached hydrogens (tertiary/aromatic N) is 4. The highest BCUT2D eigenvalue weighted by atomic mass is 19.1. The third-order valence-electron chi connectivity index (χ3n) is 3.37. The molecule has 3 heterocycles. The van der Waals surface area contributed by atoms with E-state index in [1.54, 1.807) is 12.1 Å². The number of imidazole rings is 1. The molecule has 2 aromatic rings. The Kier molecular flexibility index (Phi) is 5.67. The Morgan fingerprint density at radius 2 is 2.30 bits per heavy atom. The normalized spacial score (nSPS) is 16.8. The van der Waals surface area contributed by atoms with Crippen LogP contribution in [-0.2, 0) is 0 Å². The molecule has 0 saturated carbocycles. The van der Waals surface area contributed by atoms with Gasteiger partial charge in [0.1, 0.15) is 12.0 Å². The number of halogens is 1. The Hall–Kier alpha value is -2.44. The van der Waals surface area contributed by atoms with Gasteiger partial charge in [-0.25, -0.2) is 13.9 Å². The Morgan fingerprint density at radius 3 is 2.91 bits per heavy atom. The number of hydrogen-bond acceptors (Lipinski definition) is 4. The molecule has 23 heavy (non-hydrogen) atoms. The molecule has 1 fully saturated rings. The lowest BCUT2D eigenvalue weighted by molar-refractivity contribution is 0.0949. The summed E-state index contributed by atoms with van der Waals surface area (Å²) in [6.07, 6.45) is 2.96. The first-order chi connectivity index (χ1) is 11.1. The van der Waals surface area contributed by atoms with E-state index in [2.05, 4.69) is 22.0 Å². The van der Waals surface area contributed by atoms with Crippen LogP contribution in [-0.4, -0.2) is 46.3 Å². The zero-order valence-electron chi connectivity index (χ0n) is 13.5. The van der Waals surface area contributed by atoms with E-state index in [1.165, 1.54) is 10.7 Å². The highest BCUT2D eigenvalue weighted by Gasteiger charge is 2.23. The van der Waals surface area contributed by atoms with Crippen molar-refractivity contribution in [2.45, 2.75) is 26.4 Å². The Morgan fingerprint density at radius 1 is 1.57 bits per heavy atom. The first-order valence-corrected chi connectivity index (χ1v) is 7.69. The number of aromatic nitrogens is 3. The quantitative estimate of drug-likeness (QED) is 0.881. The zero-order valence-corrected chi connectivity index (χ0v) is 13.5. The molecule has 3 rings (SSSR count). The molecule has 1 aliphatic heterocycles. The van der Waals surface area contributed by atoms with E-state index < -0.39 is 6.17 Å². The molecule has 7 heteroatoms. The van der Waals surface area contributed by atoms with Gasteiger partial charge in [-0.15, -0.1) is 11.7 Å². The summed E-state index contributed by atoms with van der Waals surface area (Å²) in [4.78, 5) is 18.0. The van der Waals surface area contributed by atoms with Gasteiger partial charge in [0.2, 0.25) is 0 Å². The molecular weight excluding hydrogens is 297 g/mol. The highest BCUT2D eigenvalue weighted by Crippen LogP contribution is 2.20. The van der Waals surface area contributed by atoms with Crippen LogP contribution in [0.1, 0.15) is 30.8 Å². The number of carbonyl (C=O) groups excluding carboxylic acids is 1. The van der Waals surface area contributed by atoms with E-state index >= 15 is 0 Å². The molecule has 2 aromatic heterocycles. The molecule has 0 bridgehead atoms. The van der Waals surface area contributed by atoms with Crippen molar-refractivity contribution in [3.63, 3.8) is 0 Å². The van der Waals surface area contributed by atoms with Crippen molar-refractivity contribution < 1.29 is 9.18 Å². The summed E-state index contributed by atoms with van der Waals surface area (Å²) < 4.78 is 14.8. The molecule has 1 amide bonds. The summed E-state index contributed by atoms with van der Waals surface area (Å²) >= 11 is 0. The summed E-state index contributed by atoms with van der Waals surface area (Å²) in [6, 6.07) is 3.60. The fourth-order valence-corrected chi connectivity index (χ4v) is 2.36. The number of allylic oxidation sites excluding steroid dienone is 1. The number of alkyl halides is 1. The first-order valence-electron chi connectivity index (χ1n) is 7.69. The number of rotatable bonds is 3. The van der Waals surface area contributed by atoms with E-state index in [0.717, 1.165) is 0 Å². The van der Waals surface area contributed by atoms with Crippen LogP contribution in [0.5, 0.6) is 0 Å². The molecule has 1 saturated heterocycles. The van der Waals surface area contributed by atoms with E-state index in [0.29, 0.717) is 43.2 Å². The van der Waals surface area contributed by atoms with Crippen molar-refractivity contribution in [2.24, 2.45) is 0 Å². The van der Waals surface area contributed by atoms with Crippen LogP contribution in [0, 0.1) is 0 Å². The highest BCUT2D eigenvalue weighted by molar-refractivity contribution is 5.93. The maximum atomic E-state index is 13.3. The number of fused-ring (bicyclic) bond motifs is 1. The maximum Gasteiger partial charge on any atom is 0.271 e. The number of anilines is 1. The molecule has 6 nitrogen and oxygen atoms in total. The second kappa shape index (κ2) is 7.71. The fourth-order valence-electron chi connectivity index (χ4n) is 2.36. The van der Waals surface area contributed by atoms with E-state index in [9.17, 15) is 9.18 Å². The van der Waals surface area contributed by atoms with Gasteiger partial charge < -0.3 is 10.2 Å². The third kappa shape index (κ3) is 3.85. The van der Waals surface area contributed by atoms with Crippen LogP contribution in [0.3, 0.4) is 0 Å². The van der Waals surface area contributed by atoms with Crippen molar-refractivity contribution in [2.75, 3.05) is 24.5 Å². The van der Waals surface area contributed by atoms with Crippen LogP contribution in [0.15, 0.2) is 31.0 Å². The van der Waals surface area contributed by atoms with Crippen molar-refractivity contribution in [1.82, 2.24) is 19.9 Å². The van der Waals surface area contributed by atoms with Gasteiger partial charge in [-0.1, -0.05) is 6.08 Å². The molecule has 124 valence electrons. The monoisotopic (exact) mass is 319 g/mol. The fraction of sp³-hybridized carbons (Fsp3) is 0.438. The molecule has 0 aromatic carbocycles. The van der Waals surface area contributed by atoms with Crippen molar-refractivity contribution in [1.29, 1.82) is 0 Å². The van der Waals surface area contributed by atoms with Gasteiger partial charge in [0.05, 0.1) is 12.7 Å². The number of hydrogen-bond donors (Lipinski definition) is 1. The molecule has 1 aliphatic rings. The standard InChI is InChI=1S/C13H16FN5O.C3H6/c1-2-15-13(20)10-7-16-11-3-4-12(17-19(10)11)18-6-5-9(14)8-18;1-3-2/h3-4,7,9H,2,5-6,8H2,1H3,(H,15,20);3H,1H2,2H3. The van der Waals surface area contributed by atoms with Crippen LogP contribution in [0.2, 0.25) is 0 Å². The third-order valence-corrected chi connectivity index (χ3v) is 3.37. The summed E-state index contributed by atoms with van der Waals surface area (Å²) in [6.45, 7) is 8.64. The van der Waals surface area contributed by atoms with Gasteiger partial charge in [0.25, 0.3) is 5.91 Å². The van der Waals surface area contributed by atoms with Crippen molar-refractivity contribution in [3.05, 3.63) is 36.7 Å². The van der Waals surface area contributed by atoms with Gasteiger partial charge in [-0.05, 0) is 32.4 Å². The molecule has 0 radical (unpaired) electrons. The Balaban J connectivity index is 0.000000595. The Bertz CT molecular complexity index is 684. The molecule has 1 atom stereocenters. The number of nitrogens with one attached hydrogen (secondary N) is 1. The Labute approximate surface area is 135 Å². The summed E-state index contributed by atoms with van der Waals surface area (Å²) in [5.74, 6) is 0.454. The lowest BCUT2D eigenvalue weighted by atomic mass is 10.3. The lowest BCUT2D eigenvalue weighted by Gasteiger charge is -2.16. The summed E-state index contributed by atoms with van der Waals surface area (Å²) in [5.41, 5.74) is 0.991. The van der Waals surface area contributed by atoms with Crippen LogP contribution in [0.4, 0.5) is 10.2 Å². The van der Waals surface area contributed by atoms with E-state index in [-0.39, 0.29) is 5.91 Å². The second-order valence-corrected chi connectivity index (χ2v) is 5.20. The SMILES string of the molecule is C=CC.CCNC(=O)c1cnc2ccc(N3CCC(F)C3)nn12. The van der Waals surface area contributed by atoms with Crippen molar-refractivity contribution in [3.8, 4) is 0 Å². The van der Waals surface area contributed by atoms with Gasteiger partial charge in [0, 0.05) is 13.1 Å². The van der Waals surface area contributed by atoms with E-state index in [1.807, 2.05) is 24.8 Å². The molecule has 0 spiro atoms. The minimum atomic E-state index is -0.807. The van der Waals surface area contributed by atoms with Crippen LogP contribution >= 0.6 is 0 Å². The maximum absolute atomic E-state index is 13.3. The average Bonchev–Trinajstić information content (AvgIpc) is 3.13. The number of amides is 1. The molecule has 0 aliphatic carbocycles. The molecule has 1 N–H and O–H groups in total. The van der Waals surface area contributed by atoms with Crippen LogP contribution < -0.4 is 10.2 Å². The summed E-state index contributed by atoms with van der Waals surface area (Å²) in [7, 11) is 0. The van der Waals surface area contributed by atoms with Gasteiger partial charge in [0.15, 0.2) is 11.3 Å². The van der Waals surface area contributed by atoms with Crippen molar-refractivity contribution >= 4 is 17.4 Å².